The lowest BCUT2D eigenvalue weighted by atomic mass is 9.53. The summed E-state index contributed by atoms with van der Waals surface area (Å²) in [6.45, 7) is 1.64. The fraction of sp³-hybridized carbons (Fsp3) is 0.647. The first kappa shape index (κ1) is 25.0. The number of para-hydroxylation sites is 2. The summed E-state index contributed by atoms with van der Waals surface area (Å²) in [4.78, 5) is 0. The van der Waals surface area contributed by atoms with Crippen molar-refractivity contribution < 1.29 is 10.2 Å². The molecule has 8 fully saturated rings. The number of phenols is 2. The van der Waals surface area contributed by atoms with E-state index >= 15 is 0 Å². The van der Waals surface area contributed by atoms with E-state index in [1.807, 2.05) is 36.4 Å². The summed E-state index contributed by atoms with van der Waals surface area (Å²) in [6, 6.07) is 15.4. The van der Waals surface area contributed by atoms with Crippen LogP contribution in [0.25, 0.3) is 0 Å². The maximum Gasteiger partial charge on any atom is 0.120 e. The highest BCUT2D eigenvalue weighted by atomic mass is 16.3. The Bertz CT molecular complexity index is 983. The number of aromatic hydroxyl groups is 2. The van der Waals surface area contributed by atoms with Crippen LogP contribution in [0.1, 0.15) is 88.2 Å². The second-order valence-corrected chi connectivity index (χ2v) is 14.4. The zero-order valence-electron chi connectivity index (χ0n) is 22.9. The van der Waals surface area contributed by atoms with Gasteiger partial charge in [-0.15, -0.1) is 0 Å². The minimum atomic E-state index is 0.386. The van der Waals surface area contributed by atoms with E-state index in [2.05, 4.69) is 10.6 Å². The van der Waals surface area contributed by atoms with Crippen molar-refractivity contribution >= 4 is 0 Å². The highest BCUT2D eigenvalue weighted by molar-refractivity contribution is 5.32. The van der Waals surface area contributed by atoms with Crippen molar-refractivity contribution in [1.29, 1.82) is 0 Å². The summed E-state index contributed by atoms with van der Waals surface area (Å²) in [7, 11) is 0. The Morgan fingerprint density at radius 3 is 1.08 bits per heavy atom. The Hall–Kier alpha value is -2.04. The standard InChI is InChI=1S/2C17H23NO/c2*19-16-4-2-1-3-15(16)11-18-17-8-12-5-13(9-17)7-14(6-12)10-17/h2*1-4,12-14,18-19H,5-11H2. The summed E-state index contributed by atoms with van der Waals surface area (Å²) >= 11 is 0. The predicted molar refractivity (Wildman–Crippen MR) is 152 cm³/mol. The third-order valence-corrected chi connectivity index (χ3v) is 11.4. The molecule has 38 heavy (non-hydrogen) atoms. The van der Waals surface area contributed by atoms with Crippen molar-refractivity contribution in [1.82, 2.24) is 10.6 Å². The Kier molecular flexibility index (Phi) is 6.47. The Balaban J connectivity index is 0.000000127. The van der Waals surface area contributed by atoms with E-state index in [1.165, 1.54) is 77.0 Å². The molecule has 0 amide bonds. The molecule has 8 saturated carbocycles. The molecule has 0 aliphatic heterocycles. The number of nitrogens with one attached hydrogen (secondary N) is 2. The zero-order chi connectivity index (χ0) is 25.7. The molecule has 2 aromatic rings. The van der Waals surface area contributed by atoms with Crippen LogP contribution in [0.3, 0.4) is 0 Å². The lowest BCUT2D eigenvalue weighted by Crippen LogP contribution is -2.58. The molecule has 0 radical (unpaired) electrons. The number of rotatable bonds is 6. The largest absolute Gasteiger partial charge is 0.508 e. The van der Waals surface area contributed by atoms with Crippen LogP contribution in [0.2, 0.25) is 0 Å². The van der Waals surface area contributed by atoms with Crippen molar-refractivity contribution in [3.63, 3.8) is 0 Å². The molecule has 4 heteroatoms. The molecule has 8 aliphatic carbocycles. The fourth-order valence-corrected chi connectivity index (χ4v) is 10.5. The summed E-state index contributed by atoms with van der Waals surface area (Å²) in [5.41, 5.74) is 2.85. The summed E-state index contributed by atoms with van der Waals surface area (Å²) < 4.78 is 0. The molecule has 0 saturated heterocycles. The average Bonchev–Trinajstić information content (AvgIpc) is 2.87. The van der Waals surface area contributed by atoms with Gasteiger partial charge in [0.2, 0.25) is 0 Å². The normalized spacial score (nSPS) is 39.7. The van der Waals surface area contributed by atoms with Crippen LogP contribution in [0.4, 0.5) is 0 Å². The molecular weight excluding hydrogens is 468 g/mol. The summed E-state index contributed by atoms with van der Waals surface area (Å²) in [6.07, 6.45) is 17.1. The van der Waals surface area contributed by atoms with Crippen LogP contribution in [-0.4, -0.2) is 21.3 Å². The van der Waals surface area contributed by atoms with Gasteiger partial charge < -0.3 is 20.8 Å². The molecule has 8 bridgehead atoms. The maximum atomic E-state index is 9.88. The van der Waals surface area contributed by atoms with Crippen molar-refractivity contribution in [2.45, 2.75) is 101 Å². The molecule has 0 aromatic heterocycles. The Morgan fingerprint density at radius 2 is 0.789 bits per heavy atom. The van der Waals surface area contributed by atoms with Gasteiger partial charge in [0.15, 0.2) is 0 Å². The molecule has 2 aromatic carbocycles. The van der Waals surface area contributed by atoms with Gasteiger partial charge in [0.1, 0.15) is 11.5 Å². The molecular formula is C34H46N2O2. The molecule has 0 unspecified atom stereocenters. The number of hydrogen-bond donors (Lipinski definition) is 4. The summed E-state index contributed by atoms with van der Waals surface area (Å²) in [5, 5.41) is 27.4. The van der Waals surface area contributed by atoms with Crippen LogP contribution >= 0.6 is 0 Å². The first-order valence-corrected chi connectivity index (χ1v) is 15.5. The first-order valence-electron chi connectivity index (χ1n) is 15.5. The van der Waals surface area contributed by atoms with Crippen molar-refractivity contribution in [3.8, 4) is 11.5 Å². The number of phenolic OH excluding ortho intramolecular Hbond substituents is 2. The number of hydrogen-bond acceptors (Lipinski definition) is 4. The van der Waals surface area contributed by atoms with Gasteiger partial charge in [0.25, 0.3) is 0 Å². The van der Waals surface area contributed by atoms with Crippen molar-refractivity contribution in [3.05, 3.63) is 59.7 Å². The third kappa shape index (κ3) is 4.99. The lowest BCUT2D eigenvalue weighted by Gasteiger charge is -2.57. The minimum Gasteiger partial charge on any atom is -0.508 e. The van der Waals surface area contributed by atoms with Crippen LogP contribution in [-0.2, 0) is 13.1 Å². The van der Waals surface area contributed by atoms with Crippen LogP contribution in [0.5, 0.6) is 11.5 Å². The van der Waals surface area contributed by atoms with Gasteiger partial charge >= 0.3 is 0 Å². The van der Waals surface area contributed by atoms with E-state index < -0.39 is 0 Å². The Morgan fingerprint density at radius 1 is 0.500 bits per heavy atom. The average molecular weight is 515 g/mol. The summed E-state index contributed by atoms with van der Waals surface area (Å²) in [5.74, 6) is 6.71. The van der Waals surface area contributed by atoms with Gasteiger partial charge in [-0.2, -0.15) is 0 Å². The van der Waals surface area contributed by atoms with Gasteiger partial charge in [0.05, 0.1) is 0 Å². The van der Waals surface area contributed by atoms with E-state index in [1.54, 1.807) is 12.1 Å². The molecule has 4 nitrogen and oxygen atoms in total. The SMILES string of the molecule is Oc1ccccc1CNC12CC3CC(CC(C3)C1)C2.Oc1ccccc1CNC12CC3CC(CC(C3)C1)C2. The minimum absolute atomic E-state index is 0.386. The second-order valence-electron chi connectivity index (χ2n) is 14.4. The topological polar surface area (TPSA) is 64.5 Å². The smallest absolute Gasteiger partial charge is 0.120 e. The maximum absolute atomic E-state index is 9.88. The van der Waals surface area contributed by atoms with Gasteiger partial charge in [0, 0.05) is 35.3 Å². The third-order valence-electron chi connectivity index (χ3n) is 11.4. The van der Waals surface area contributed by atoms with E-state index in [9.17, 15) is 10.2 Å². The van der Waals surface area contributed by atoms with Crippen LogP contribution < -0.4 is 10.6 Å². The molecule has 0 heterocycles. The number of benzene rings is 2. The lowest BCUT2D eigenvalue weighted by molar-refractivity contribution is -0.0208. The molecule has 204 valence electrons. The van der Waals surface area contributed by atoms with Gasteiger partial charge in [-0.05, 0) is 125 Å². The van der Waals surface area contributed by atoms with Gasteiger partial charge in [-0.25, -0.2) is 0 Å². The zero-order valence-corrected chi connectivity index (χ0v) is 22.9. The first-order chi connectivity index (χ1) is 18.4. The Labute approximate surface area is 228 Å². The van der Waals surface area contributed by atoms with Crippen LogP contribution in [0.15, 0.2) is 48.5 Å². The highest BCUT2D eigenvalue weighted by Gasteiger charge is 2.51. The van der Waals surface area contributed by atoms with E-state index in [4.69, 9.17) is 0 Å². The highest BCUT2D eigenvalue weighted by Crippen LogP contribution is 2.56. The second kappa shape index (κ2) is 9.86. The van der Waals surface area contributed by atoms with E-state index in [-0.39, 0.29) is 0 Å². The molecule has 0 atom stereocenters. The fourth-order valence-electron chi connectivity index (χ4n) is 10.5. The predicted octanol–water partition coefficient (Wildman–Crippen LogP) is 6.90. The van der Waals surface area contributed by atoms with Gasteiger partial charge in [-0.1, -0.05) is 36.4 Å². The molecule has 0 spiro atoms. The quantitative estimate of drug-likeness (QED) is 0.339. The van der Waals surface area contributed by atoms with Crippen molar-refractivity contribution in [2.24, 2.45) is 35.5 Å². The van der Waals surface area contributed by atoms with Crippen molar-refractivity contribution in [2.75, 3.05) is 0 Å². The van der Waals surface area contributed by atoms with Gasteiger partial charge in [-0.3, -0.25) is 0 Å². The van der Waals surface area contributed by atoms with E-state index in [0.717, 1.165) is 59.7 Å². The van der Waals surface area contributed by atoms with E-state index in [0.29, 0.717) is 22.6 Å². The monoisotopic (exact) mass is 514 g/mol. The van der Waals surface area contributed by atoms with Crippen LogP contribution in [0, 0.1) is 35.5 Å². The molecule has 8 aliphatic rings. The molecule has 10 rings (SSSR count). The molecule has 4 N–H and O–H groups in total.